The van der Waals surface area contributed by atoms with Crippen LogP contribution in [0, 0.1) is 0 Å². The number of nitrogens with one attached hydrogen (secondary N) is 1. The van der Waals surface area contributed by atoms with Crippen molar-refractivity contribution >= 4 is 23.4 Å². The lowest BCUT2D eigenvalue weighted by molar-refractivity contribution is 0.0206. The first kappa shape index (κ1) is 19.7. The Morgan fingerprint density at radius 1 is 1.36 bits per heavy atom. The van der Waals surface area contributed by atoms with E-state index in [9.17, 15) is 4.79 Å². The minimum absolute atomic E-state index is 0.0806. The fraction of sp³-hybridized carbons (Fsp3) is 0.632. The molecule has 6 heteroatoms. The Hall–Kier alpha value is -1.62. The molecule has 0 bridgehead atoms. The van der Waals surface area contributed by atoms with Crippen molar-refractivity contribution in [2.45, 2.75) is 65.2 Å². The zero-order chi connectivity index (χ0) is 18.6. The minimum atomic E-state index is -0.475. The molecule has 1 aromatic rings. The summed E-state index contributed by atoms with van der Waals surface area (Å²) in [4.78, 5) is 14.0. The SMILES string of the molecule is CC(C)Oc1ccc(NC2CCCN(C(=O)OC(C)(C)C)C2)cc1Cl. The van der Waals surface area contributed by atoms with Crippen LogP contribution in [-0.2, 0) is 4.74 Å². The highest BCUT2D eigenvalue weighted by Crippen LogP contribution is 2.29. The summed E-state index contributed by atoms with van der Waals surface area (Å²) in [6.45, 7) is 10.9. The van der Waals surface area contributed by atoms with E-state index in [1.54, 1.807) is 4.90 Å². The summed E-state index contributed by atoms with van der Waals surface area (Å²) in [6.07, 6.45) is 1.77. The molecule has 0 saturated carbocycles. The van der Waals surface area contributed by atoms with Crippen molar-refractivity contribution in [2.75, 3.05) is 18.4 Å². The molecular weight excluding hydrogens is 340 g/mol. The quantitative estimate of drug-likeness (QED) is 0.817. The van der Waals surface area contributed by atoms with Gasteiger partial charge in [0.25, 0.3) is 0 Å². The van der Waals surface area contributed by atoms with Gasteiger partial charge in [-0.1, -0.05) is 11.6 Å². The van der Waals surface area contributed by atoms with Crippen molar-refractivity contribution in [3.63, 3.8) is 0 Å². The number of likely N-dealkylation sites (tertiary alicyclic amines) is 1. The van der Waals surface area contributed by atoms with Crippen LogP contribution in [0.25, 0.3) is 0 Å². The molecule has 1 unspecified atom stereocenters. The van der Waals surface area contributed by atoms with Gasteiger partial charge in [-0.25, -0.2) is 4.79 Å². The predicted molar refractivity (Wildman–Crippen MR) is 102 cm³/mol. The highest BCUT2D eigenvalue weighted by atomic mass is 35.5. The predicted octanol–water partition coefficient (Wildman–Crippen LogP) is 4.94. The standard InChI is InChI=1S/C19H29ClN2O3/c1-13(2)24-17-9-8-14(11-16(17)20)21-15-7-6-10-22(12-15)18(23)25-19(3,4)5/h8-9,11,13,15,21H,6-7,10,12H2,1-5H3. The van der Waals surface area contributed by atoms with E-state index in [1.807, 2.05) is 52.8 Å². The topological polar surface area (TPSA) is 50.8 Å². The highest BCUT2D eigenvalue weighted by molar-refractivity contribution is 6.32. The van der Waals surface area contributed by atoms with Crippen molar-refractivity contribution in [3.05, 3.63) is 23.2 Å². The highest BCUT2D eigenvalue weighted by Gasteiger charge is 2.27. The van der Waals surface area contributed by atoms with Crippen LogP contribution in [0.2, 0.25) is 5.02 Å². The van der Waals surface area contributed by atoms with Crippen LogP contribution in [0.4, 0.5) is 10.5 Å². The Morgan fingerprint density at radius 2 is 2.08 bits per heavy atom. The van der Waals surface area contributed by atoms with Crippen molar-refractivity contribution in [1.29, 1.82) is 0 Å². The second kappa shape index (κ2) is 8.17. The Balaban J connectivity index is 1.96. The molecule has 1 aliphatic rings. The number of ether oxygens (including phenoxy) is 2. The summed E-state index contributed by atoms with van der Waals surface area (Å²) in [5.74, 6) is 0.682. The van der Waals surface area contributed by atoms with E-state index in [0.29, 0.717) is 17.3 Å². The van der Waals surface area contributed by atoms with Crippen molar-refractivity contribution in [3.8, 4) is 5.75 Å². The fourth-order valence-corrected chi connectivity index (χ4v) is 2.99. The first-order valence-electron chi connectivity index (χ1n) is 8.85. The smallest absolute Gasteiger partial charge is 0.410 e. The number of nitrogens with zero attached hydrogens (tertiary/aromatic N) is 1. The largest absolute Gasteiger partial charge is 0.489 e. The van der Waals surface area contributed by atoms with E-state index in [1.165, 1.54) is 0 Å². The lowest BCUT2D eigenvalue weighted by atomic mass is 10.1. The molecule has 1 fully saturated rings. The number of hydrogen-bond acceptors (Lipinski definition) is 4. The van der Waals surface area contributed by atoms with Crippen LogP contribution < -0.4 is 10.1 Å². The minimum Gasteiger partial charge on any atom is -0.489 e. The third-order valence-electron chi connectivity index (χ3n) is 3.74. The average Bonchev–Trinajstić information content (AvgIpc) is 2.48. The molecule has 2 rings (SSSR count). The summed E-state index contributed by atoms with van der Waals surface area (Å²) in [7, 11) is 0. The Kier molecular flexibility index (Phi) is 6.44. The first-order chi connectivity index (χ1) is 11.6. The second-order valence-corrected chi connectivity index (χ2v) is 8.13. The van der Waals surface area contributed by atoms with E-state index in [-0.39, 0.29) is 18.2 Å². The van der Waals surface area contributed by atoms with Gasteiger partial charge in [-0.05, 0) is 65.7 Å². The van der Waals surface area contributed by atoms with Gasteiger partial charge in [0, 0.05) is 24.8 Å². The first-order valence-corrected chi connectivity index (χ1v) is 9.22. The molecule has 0 radical (unpaired) electrons. The molecule has 1 atom stereocenters. The molecule has 1 aromatic carbocycles. The fourth-order valence-electron chi connectivity index (χ4n) is 2.76. The van der Waals surface area contributed by atoms with Crippen LogP contribution in [0.3, 0.4) is 0 Å². The summed E-state index contributed by atoms with van der Waals surface area (Å²) in [5.41, 5.74) is 0.453. The van der Waals surface area contributed by atoms with E-state index in [2.05, 4.69) is 5.32 Å². The van der Waals surface area contributed by atoms with E-state index >= 15 is 0 Å². The Morgan fingerprint density at radius 3 is 2.68 bits per heavy atom. The van der Waals surface area contributed by atoms with Gasteiger partial charge in [0.2, 0.25) is 0 Å². The molecule has 1 amide bonds. The van der Waals surface area contributed by atoms with Gasteiger partial charge in [0.1, 0.15) is 11.4 Å². The number of halogens is 1. The maximum Gasteiger partial charge on any atom is 0.410 e. The molecule has 0 aromatic heterocycles. The van der Waals surface area contributed by atoms with Gasteiger partial charge in [-0.3, -0.25) is 0 Å². The molecule has 1 saturated heterocycles. The molecule has 0 aliphatic carbocycles. The number of anilines is 1. The third-order valence-corrected chi connectivity index (χ3v) is 4.03. The van der Waals surface area contributed by atoms with Crippen LogP contribution in [0.1, 0.15) is 47.5 Å². The number of piperidine rings is 1. The van der Waals surface area contributed by atoms with E-state index < -0.39 is 5.60 Å². The lowest BCUT2D eigenvalue weighted by Crippen LogP contribution is -2.46. The molecule has 25 heavy (non-hydrogen) atoms. The molecule has 1 heterocycles. The zero-order valence-electron chi connectivity index (χ0n) is 15.8. The van der Waals surface area contributed by atoms with Gasteiger partial charge in [-0.2, -0.15) is 0 Å². The number of amides is 1. The number of hydrogen-bond donors (Lipinski definition) is 1. The van der Waals surface area contributed by atoms with Crippen LogP contribution in [-0.4, -0.2) is 41.8 Å². The molecule has 0 spiro atoms. The Labute approximate surface area is 155 Å². The average molecular weight is 369 g/mol. The molecular formula is C19H29ClN2O3. The molecule has 1 aliphatic heterocycles. The Bertz CT molecular complexity index is 599. The van der Waals surface area contributed by atoms with E-state index in [0.717, 1.165) is 25.1 Å². The molecule has 1 N–H and O–H groups in total. The monoisotopic (exact) mass is 368 g/mol. The lowest BCUT2D eigenvalue weighted by Gasteiger charge is -2.34. The maximum atomic E-state index is 12.3. The van der Waals surface area contributed by atoms with E-state index in [4.69, 9.17) is 21.1 Å². The van der Waals surface area contributed by atoms with Gasteiger partial charge < -0.3 is 19.7 Å². The van der Waals surface area contributed by atoms with Gasteiger partial charge in [0.05, 0.1) is 11.1 Å². The number of carbonyl (C=O) groups is 1. The van der Waals surface area contributed by atoms with Crippen molar-refractivity contribution < 1.29 is 14.3 Å². The summed E-state index contributed by atoms with van der Waals surface area (Å²) >= 11 is 6.29. The van der Waals surface area contributed by atoms with Gasteiger partial charge in [0.15, 0.2) is 0 Å². The van der Waals surface area contributed by atoms with Crippen LogP contribution >= 0.6 is 11.6 Å². The van der Waals surface area contributed by atoms with Crippen LogP contribution in [0.15, 0.2) is 18.2 Å². The number of carbonyl (C=O) groups excluding carboxylic acids is 1. The summed E-state index contributed by atoms with van der Waals surface area (Å²) in [5, 5.41) is 4.04. The normalized spacial score (nSPS) is 18.2. The zero-order valence-corrected chi connectivity index (χ0v) is 16.5. The molecule has 5 nitrogen and oxygen atoms in total. The summed E-state index contributed by atoms with van der Waals surface area (Å²) in [6, 6.07) is 5.87. The molecule has 140 valence electrons. The van der Waals surface area contributed by atoms with Gasteiger partial charge in [-0.15, -0.1) is 0 Å². The van der Waals surface area contributed by atoms with Crippen molar-refractivity contribution in [2.24, 2.45) is 0 Å². The van der Waals surface area contributed by atoms with Gasteiger partial charge >= 0.3 is 6.09 Å². The second-order valence-electron chi connectivity index (χ2n) is 7.72. The van der Waals surface area contributed by atoms with Crippen LogP contribution in [0.5, 0.6) is 5.75 Å². The number of benzene rings is 1. The third kappa shape index (κ3) is 6.31. The summed E-state index contributed by atoms with van der Waals surface area (Å²) < 4.78 is 11.1. The number of rotatable bonds is 4. The van der Waals surface area contributed by atoms with Crippen molar-refractivity contribution in [1.82, 2.24) is 4.90 Å². The maximum absolute atomic E-state index is 12.3.